The van der Waals surface area contributed by atoms with Crippen LogP contribution in [-0.4, -0.2) is 9.91 Å². The Morgan fingerprint density at radius 1 is 1.50 bits per heavy atom. The first-order valence-electron chi connectivity index (χ1n) is 5.01. The molecule has 0 aliphatic rings. The summed E-state index contributed by atoms with van der Waals surface area (Å²) in [6, 6.07) is 6.46. The number of aromatic nitrogens is 1. The summed E-state index contributed by atoms with van der Waals surface area (Å²) in [7, 11) is 0. The molecule has 0 aliphatic heterocycles. The van der Waals surface area contributed by atoms with Crippen molar-refractivity contribution in [2.75, 3.05) is 5.32 Å². The van der Waals surface area contributed by atoms with E-state index in [1.165, 1.54) is 12.1 Å². The molecule has 18 heavy (non-hydrogen) atoms. The fraction of sp³-hybridized carbons (Fsp3) is 0.0909. The van der Waals surface area contributed by atoms with Crippen LogP contribution < -0.4 is 5.32 Å². The number of nitro groups is 1. The Kier molecular flexibility index (Phi) is 3.50. The van der Waals surface area contributed by atoms with E-state index < -0.39 is 4.92 Å². The number of anilines is 1. The van der Waals surface area contributed by atoms with E-state index in [9.17, 15) is 10.1 Å². The summed E-state index contributed by atoms with van der Waals surface area (Å²) in [6.07, 6.45) is 0. The van der Waals surface area contributed by atoms with Gasteiger partial charge in [-0.05, 0) is 28.5 Å². The maximum atomic E-state index is 10.6. The summed E-state index contributed by atoms with van der Waals surface area (Å²) in [6.45, 7) is 0.569. The minimum absolute atomic E-state index is 0.185. The zero-order chi connectivity index (χ0) is 13.0. The Morgan fingerprint density at radius 2 is 2.33 bits per heavy atom. The van der Waals surface area contributed by atoms with Gasteiger partial charge >= 0.3 is 5.69 Å². The second-order valence-electron chi connectivity index (χ2n) is 3.42. The first kappa shape index (κ1) is 12.0. The van der Waals surface area contributed by atoms with Gasteiger partial charge in [0.2, 0.25) is 5.69 Å². The largest absolute Gasteiger partial charge is 0.366 e. The fourth-order valence-electron chi connectivity index (χ4n) is 1.37. The van der Waals surface area contributed by atoms with Crippen molar-refractivity contribution in [3.63, 3.8) is 0 Å². The van der Waals surface area contributed by atoms with Crippen LogP contribution in [0, 0.1) is 21.4 Å². The van der Waals surface area contributed by atoms with Gasteiger partial charge in [0.1, 0.15) is 11.9 Å². The SMILES string of the molecule is N#Cc1nc(NCc2ccsc2)ccc1[N+](=O)[O-]. The van der Waals surface area contributed by atoms with Crippen LogP contribution in [0.2, 0.25) is 0 Å². The molecule has 0 aromatic carbocycles. The van der Waals surface area contributed by atoms with E-state index in [0.717, 1.165) is 5.56 Å². The minimum atomic E-state index is -0.617. The van der Waals surface area contributed by atoms with Crippen molar-refractivity contribution in [3.8, 4) is 6.07 Å². The Bertz CT molecular complexity index is 604. The Balaban J connectivity index is 2.15. The van der Waals surface area contributed by atoms with Crippen molar-refractivity contribution in [1.82, 2.24) is 4.98 Å². The lowest BCUT2D eigenvalue weighted by Gasteiger charge is -2.04. The molecule has 0 saturated heterocycles. The van der Waals surface area contributed by atoms with Crippen molar-refractivity contribution in [2.24, 2.45) is 0 Å². The lowest BCUT2D eigenvalue weighted by molar-refractivity contribution is -0.385. The molecule has 0 spiro atoms. The summed E-state index contributed by atoms with van der Waals surface area (Å²) in [4.78, 5) is 13.9. The molecule has 2 rings (SSSR count). The van der Waals surface area contributed by atoms with Crippen LogP contribution in [0.5, 0.6) is 0 Å². The Hall–Kier alpha value is -2.46. The van der Waals surface area contributed by atoms with E-state index in [1.54, 1.807) is 17.4 Å². The van der Waals surface area contributed by atoms with Crippen molar-refractivity contribution in [3.05, 3.63) is 50.3 Å². The molecule has 0 saturated carbocycles. The molecule has 2 aromatic rings. The third-order valence-corrected chi connectivity index (χ3v) is 2.96. The van der Waals surface area contributed by atoms with Crippen LogP contribution in [0.3, 0.4) is 0 Å². The second-order valence-corrected chi connectivity index (χ2v) is 4.20. The predicted octanol–water partition coefficient (Wildman–Crippen LogP) is 2.54. The summed E-state index contributed by atoms with van der Waals surface area (Å²) >= 11 is 1.59. The van der Waals surface area contributed by atoms with Crippen molar-refractivity contribution in [2.45, 2.75) is 6.54 Å². The number of rotatable bonds is 4. The lowest BCUT2D eigenvalue weighted by atomic mass is 10.3. The van der Waals surface area contributed by atoms with Crippen LogP contribution >= 0.6 is 11.3 Å². The first-order valence-corrected chi connectivity index (χ1v) is 5.95. The zero-order valence-electron chi connectivity index (χ0n) is 9.16. The summed E-state index contributed by atoms with van der Waals surface area (Å²) in [5.41, 5.74) is 0.632. The van der Waals surface area contributed by atoms with Crippen molar-refractivity contribution >= 4 is 22.8 Å². The Morgan fingerprint density at radius 3 is 2.94 bits per heavy atom. The summed E-state index contributed by atoms with van der Waals surface area (Å²) in [5, 5.41) is 26.4. The van der Waals surface area contributed by atoms with Gasteiger partial charge in [0, 0.05) is 12.6 Å². The van der Waals surface area contributed by atoms with E-state index in [4.69, 9.17) is 5.26 Å². The highest BCUT2D eigenvalue weighted by Gasteiger charge is 2.15. The molecule has 0 amide bonds. The molecule has 2 aromatic heterocycles. The number of hydrogen-bond donors (Lipinski definition) is 1. The van der Waals surface area contributed by atoms with E-state index in [0.29, 0.717) is 12.4 Å². The molecular formula is C11H8N4O2S. The highest BCUT2D eigenvalue weighted by atomic mass is 32.1. The van der Waals surface area contributed by atoms with E-state index in [2.05, 4.69) is 10.3 Å². The van der Waals surface area contributed by atoms with Gasteiger partial charge in [-0.3, -0.25) is 10.1 Å². The summed E-state index contributed by atoms with van der Waals surface area (Å²) in [5.74, 6) is 0.448. The average Bonchev–Trinajstić information content (AvgIpc) is 2.88. The second kappa shape index (κ2) is 5.25. The number of hydrogen-bond acceptors (Lipinski definition) is 6. The van der Waals surface area contributed by atoms with Gasteiger partial charge in [-0.2, -0.15) is 16.6 Å². The van der Waals surface area contributed by atoms with Gasteiger partial charge in [-0.25, -0.2) is 4.98 Å². The molecule has 0 radical (unpaired) electrons. The molecule has 1 N–H and O–H groups in total. The van der Waals surface area contributed by atoms with E-state index in [1.807, 2.05) is 16.8 Å². The molecule has 90 valence electrons. The zero-order valence-corrected chi connectivity index (χ0v) is 9.98. The highest BCUT2D eigenvalue weighted by molar-refractivity contribution is 7.07. The van der Waals surface area contributed by atoms with Crippen LogP contribution in [0.25, 0.3) is 0 Å². The maximum absolute atomic E-state index is 10.6. The first-order chi connectivity index (χ1) is 8.70. The van der Waals surface area contributed by atoms with Crippen LogP contribution in [0.1, 0.15) is 11.3 Å². The van der Waals surface area contributed by atoms with Gasteiger partial charge in [-0.15, -0.1) is 0 Å². The maximum Gasteiger partial charge on any atom is 0.305 e. The Labute approximate surface area is 107 Å². The third-order valence-electron chi connectivity index (χ3n) is 2.23. The van der Waals surface area contributed by atoms with Crippen LogP contribution in [0.4, 0.5) is 11.5 Å². The summed E-state index contributed by atoms with van der Waals surface area (Å²) < 4.78 is 0. The average molecular weight is 260 g/mol. The van der Waals surface area contributed by atoms with Gasteiger partial charge in [0.05, 0.1) is 4.92 Å². The molecular weight excluding hydrogens is 252 g/mol. The standard InChI is InChI=1S/C11H8N4O2S/c12-5-9-10(15(16)17)1-2-11(14-9)13-6-8-3-4-18-7-8/h1-4,7H,6H2,(H,13,14). The highest BCUT2D eigenvalue weighted by Crippen LogP contribution is 2.18. The number of thiophene rings is 1. The van der Waals surface area contributed by atoms with Gasteiger partial charge in [-0.1, -0.05) is 0 Å². The molecule has 0 fully saturated rings. The predicted molar refractivity (Wildman–Crippen MR) is 67.3 cm³/mol. The van der Waals surface area contributed by atoms with Gasteiger partial charge < -0.3 is 5.32 Å². The molecule has 0 unspecified atom stereocenters. The van der Waals surface area contributed by atoms with Gasteiger partial charge in [0.15, 0.2) is 0 Å². The molecule has 0 aliphatic carbocycles. The van der Waals surface area contributed by atoms with E-state index >= 15 is 0 Å². The number of nitriles is 1. The molecule has 0 bridgehead atoms. The molecule has 7 heteroatoms. The van der Waals surface area contributed by atoms with Gasteiger partial charge in [0.25, 0.3) is 0 Å². The normalized spacial score (nSPS) is 9.72. The van der Waals surface area contributed by atoms with E-state index in [-0.39, 0.29) is 11.4 Å². The number of nitrogens with zero attached hydrogens (tertiary/aromatic N) is 3. The number of nitrogens with one attached hydrogen (secondary N) is 1. The van der Waals surface area contributed by atoms with Crippen LogP contribution in [-0.2, 0) is 6.54 Å². The monoisotopic (exact) mass is 260 g/mol. The minimum Gasteiger partial charge on any atom is -0.366 e. The lowest BCUT2D eigenvalue weighted by Crippen LogP contribution is -2.03. The molecule has 6 nitrogen and oxygen atoms in total. The quantitative estimate of drug-likeness (QED) is 0.673. The third kappa shape index (κ3) is 2.61. The van der Waals surface area contributed by atoms with Crippen molar-refractivity contribution in [1.29, 1.82) is 5.26 Å². The number of pyridine rings is 1. The topological polar surface area (TPSA) is 91.8 Å². The smallest absolute Gasteiger partial charge is 0.305 e. The fourth-order valence-corrected chi connectivity index (χ4v) is 2.03. The molecule has 0 atom stereocenters. The molecule has 2 heterocycles. The van der Waals surface area contributed by atoms with Crippen molar-refractivity contribution < 1.29 is 4.92 Å². The van der Waals surface area contributed by atoms with Crippen LogP contribution in [0.15, 0.2) is 29.0 Å².